The molecule has 0 aliphatic heterocycles. The lowest BCUT2D eigenvalue weighted by molar-refractivity contribution is -0.274. The molecule has 0 saturated carbocycles. The molecule has 1 rings (SSSR count). The first kappa shape index (κ1) is 14.5. The molecule has 0 saturated heterocycles. The third-order valence-corrected chi connectivity index (χ3v) is 2.33. The van der Waals surface area contributed by atoms with E-state index in [1.807, 2.05) is 0 Å². The Balaban J connectivity index is 3.05. The smallest absolute Gasteiger partial charge is 0.405 e. The minimum atomic E-state index is -4.83. The second-order valence-electron chi connectivity index (χ2n) is 3.54. The number of carbonyl (C=O) groups excluding carboxylic acids is 1. The number of ether oxygens (including phenoxy) is 2. The first-order valence-corrected chi connectivity index (χ1v) is 5.30. The summed E-state index contributed by atoms with van der Waals surface area (Å²) in [5.41, 5.74) is -0.136. The van der Waals surface area contributed by atoms with Crippen molar-refractivity contribution in [2.75, 3.05) is 7.11 Å². The normalized spacial score (nSPS) is 13.2. The summed E-state index contributed by atoms with van der Waals surface area (Å²) in [7, 11) is 1.33. The predicted octanol–water partition coefficient (Wildman–Crippen LogP) is 3.19. The van der Waals surface area contributed by atoms with E-state index in [-0.39, 0.29) is 5.56 Å². The number of hydrogen-bond acceptors (Lipinski definition) is 3. The Hall–Kier alpha value is -1.56. The molecule has 0 aliphatic rings. The molecule has 1 unspecified atom stereocenters. The average Bonchev–Trinajstić information content (AvgIpc) is 2.29. The maximum Gasteiger partial charge on any atom is 0.573 e. The van der Waals surface area contributed by atoms with Gasteiger partial charge in [0.15, 0.2) is 5.78 Å². The van der Waals surface area contributed by atoms with Gasteiger partial charge in [0.1, 0.15) is 11.9 Å². The molecule has 0 amide bonds. The van der Waals surface area contributed by atoms with Crippen molar-refractivity contribution in [3.05, 3.63) is 29.8 Å². The molecular formula is C12H13F3O3. The maximum absolute atomic E-state index is 12.2. The van der Waals surface area contributed by atoms with Crippen molar-refractivity contribution >= 4 is 5.78 Å². The number of benzene rings is 1. The molecule has 1 aromatic carbocycles. The second kappa shape index (κ2) is 5.86. The zero-order chi connectivity index (χ0) is 13.8. The molecule has 18 heavy (non-hydrogen) atoms. The van der Waals surface area contributed by atoms with Gasteiger partial charge in [-0.15, -0.1) is 13.2 Å². The molecule has 0 fully saturated rings. The zero-order valence-electron chi connectivity index (χ0n) is 9.95. The average molecular weight is 262 g/mol. The number of carbonyl (C=O) groups is 1. The van der Waals surface area contributed by atoms with Gasteiger partial charge in [0, 0.05) is 7.11 Å². The molecule has 0 bridgehead atoms. The van der Waals surface area contributed by atoms with Gasteiger partial charge in [0.2, 0.25) is 0 Å². The minimum absolute atomic E-state index is 0.136. The Labute approximate surface area is 103 Å². The number of alkyl halides is 3. The summed E-state index contributed by atoms with van der Waals surface area (Å²) in [6, 6.07) is 5.22. The molecule has 3 nitrogen and oxygen atoms in total. The highest BCUT2D eigenvalue weighted by Gasteiger charge is 2.33. The van der Waals surface area contributed by atoms with Crippen LogP contribution >= 0.6 is 0 Å². The quantitative estimate of drug-likeness (QED) is 0.764. The predicted molar refractivity (Wildman–Crippen MR) is 58.5 cm³/mol. The molecule has 0 spiro atoms. The SMILES string of the molecule is CCC(OC)C(=O)c1ccccc1OC(F)(F)F. The number of ketones is 1. The van der Waals surface area contributed by atoms with Crippen LogP contribution in [0, 0.1) is 0 Å². The van der Waals surface area contributed by atoms with E-state index in [4.69, 9.17) is 4.74 Å². The number of Topliss-reactive ketones (excluding diaryl/α,β-unsaturated/α-hetero) is 1. The number of halogens is 3. The summed E-state index contributed by atoms with van der Waals surface area (Å²) >= 11 is 0. The lowest BCUT2D eigenvalue weighted by Crippen LogP contribution is -2.25. The summed E-state index contributed by atoms with van der Waals surface area (Å²) in [5.74, 6) is -1.04. The topological polar surface area (TPSA) is 35.5 Å². The van der Waals surface area contributed by atoms with Crippen LogP contribution in [0.25, 0.3) is 0 Å². The third-order valence-electron chi connectivity index (χ3n) is 2.33. The van der Waals surface area contributed by atoms with Crippen molar-refractivity contribution in [2.45, 2.75) is 25.8 Å². The largest absolute Gasteiger partial charge is 0.573 e. The van der Waals surface area contributed by atoms with E-state index >= 15 is 0 Å². The molecule has 100 valence electrons. The summed E-state index contributed by atoms with van der Waals surface area (Å²) in [4.78, 5) is 11.9. The molecule has 0 heterocycles. The molecule has 6 heteroatoms. The molecule has 0 N–H and O–H groups in total. The van der Waals surface area contributed by atoms with Crippen LogP contribution in [-0.2, 0) is 4.74 Å². The van der Waals surface area contributed by atoms with Crippen LogP contribution in [0.4, 0.5) is 13.2 Å². The highest BCUT2D eigenvalue weighted by Crippen LogP contribution is 2.27. The lowest BCUT2D eigenvalue weighted by Gasteiger charge is -2.16. The fraction of sp³-hybridized carbons (Fsp3) is 0.417. The van der Waals surface area contributed by atoms with Crippen LogP contribution in [0.15, 0.2) is 24.3 Å². The second-order valence-corrected chi connectivity index (χ2v) is 3.54. The monoisotopic (exact) mass is 262 g/mol. The number of methoxy groups -OCH3 is 1. The number of para-hydroxylation sites is 1. The first-order chi connectivity index (χ1) is 8.39. The zero-order valence-corrected chi connectivity index (χ0v) is 9.95. The number of rotatable bonds is 5. The maximum atomic E-state index is 12.2. The van der Waals surface area contributed by atoms with Crippen molar-refractivity contribution in [2.24, 2.45) is 0 Å². The third kappa shape index (κ3) is 3.73. The fourth-order valence-electron chi connectivity index (χ4n) is 1.52. The Morgan fingerprint density at radius 2 is 1.94 bits per heavy atom. The van der Waals surface area contributed by atoms with Gasteiger partial charge >= 0.3 is 6.36 Å². The van der Waals surface area contributed by atoms with E-state index < -0.39 is 24.0 Å². The molecule has 0 aromatic heterocycles. The van der Waals surface area contributed by atoms with Crippen LogP contribution < -0.4 is 4.74 Å². The van der Waals surface area contributed by atoms with Crippen molar-refractivity contribution in [3.8, 4) is 5.75 Å². The van der Waals surface area contributed by atoms with Gasteiger partial charge in [0.25, 0.3) is 0 Å². The van der Waals surface area contributed by atoms with Gasteiger partial charge in [-0.3, -0.25) is 4.79 Å². The van der Waals surface area contributed by atoms with Crippen LogP contribution in [0.5, 0.6) is 5.75 Å². The Bertz CT molecular complexity index is 411. The lowest BCUT2D eigenvalue weighted by atomic mass is 10.0. The molecular weight excluding hydrogens is 249 g/mol. The highest BCUT2D eigenvalue weighted by atomic mass is 19.4. The van der Waals surface area contributed by atoms with Crippen molar-refractivity contribution in [1.29, 1.82) is 0 Å². The minimum Gasteiger partial charge on any atom is -0.405 e. The van der Waals surface area contributed by atoms with Crippen LogP contribution in [0.2, 0.25) is 0 Å². The summed E-state index contributed by atoms with van der Waals surface area (Å²) < 4.78 is 45.3. The van der Waals surface area contributed by atoms with Crippen molar-refractivity contribution in [1.82, 2.24) is 0 Å². The van der Waals surface area contributed by atoms with E-state index in [1.165, 1.54) is 25.3 Å². The van der Waals surface area contributed by atoms with Gasteiger partial charge in [-0.1, -0.05) is 19.1 Å². The Morgan fingerprint density at radius 1 is 1.33 bits per heavy atom. The van der Waals surface area contributed by atoms with E-state index in [1.54, 1.807) is 6.92 Å². The van der Waals surface area contributed by atoms with Gasteiger partial charge in [-0.2, -0.15) is 0 Å². The molecule has 0 radical (unpaired) electrons. The molecule has 0 aliphatic carbocycles. The van der Waals surface area contributed by atoms with Crippen molar-refractivity contribution < 1.29 is 27.4 Å². The molecule has 1 atom stereocenters. The van der Waals surface area contributed by atoms with E-state index in [2.05, 4.69) is 4.74 Å². The summed E-state index contributed by atoms with van der Waals surface area (Å²) in [6.45, 7) is 1.71. The van der Waals surface area contributed by atoms with Gasteiger partial charge < -0.3 is 9.47 Å². The van der Waals surface area contributed by atoms with E-state index in [0.717, 1.165) is 6.07 Å². The Morgan fingerprint density at radius 3 is 2.44 bits per heavy atom. The standard InChI is InChI=1S/C12H13F3O3/c1-3-9(17-2)11(16)8-6-4-5-7-10(8)18-12(13,14)15/h4-7,9H,3H2,1-2H3. The molecule has 1 aromatic rings. The first-order valence-electron chi connectivity index (χ1n) is 5.30. The number of hydrogen-bond donors (Lipinski definition) is 0. The van der Waals surface area contributed by atoms with Gasteiger partial charge in [-0.25, -0.2) is 0 Å². The van der Waals surface area contributed by atoms with Crippen molar-refractivity contribution in [3.63, 3.8) is 0 Å². The van der Waals surface area contributed by atoms with E-state index in [0.29, 0.717) is 6.42 Å². The summed E-state index contributed by atoms with van der Waals surface area (Å²) in [6.07, 6.45) is -5.23. The highest BCUT2D eigenvalue weighted by molar-refractivity contribution is 6.01. The Kier molecular flexibility index (Phi) is 4.72. The van der Waals surface area contributed by atoms with Crippen LogP contribution in [-0.4, -0.2) is 25.4 Å². The van der Waals surface area contributed by atoms with Crippen LogP contribution in [0.3, 0.4) is 0 Å². The van der Waals surface area contributed by atoms with Crippen LogP contribution in [0.1, 0.15) is 23.7 Å². The summed E-state index contributed by atoms with van der Waals surface area (Å²) in [5, 5.41) is 0. The van der Waals surface area contributed by atoms with E-state index in [9.17, 15) is 18.0 Å². The van der Waals surface area contributed by atoms with Gasteiger partial charge in [0.05, 0.1) is 5.56 Å². The van der Waals surface area contributed by atoms with Gasteiger partial charge in [-0.05, 0) is 18.6 Å². The fourth-order valence-corrected chi connectivity index (χ4v) is 1.52.